The quantitative estimate of drug-likeness (QED) is 0.0192. The van der Waals surface area contributed by atoms with E-state index in [1.165, 1.54) is 42.5 Å². The Morgan fingerprint density at radius 1 is 0.452 bits per heavy atom. The second-order valence-corrected chi connectivity index (χ2v) is 12.9. The summed E-state index contributed by atoms with van der Waals surface area (Å²) in [6.45, 7) is 7.09. The van der Waals surface area contributed by atoms with E-state index in [-0.39, 0.29) is 66.1 Å². The average Bonchev–Trinajstić information content (AvgIpc) is 3.28. The van der Waals surface area contributed by atoms with Crippen molar-refractivity contribution < 1.29 is 76.2 Å². The lowest BCUT2D eigenvalue weighted by molar-refractivity contribution is -0.138. The van der Waals surface area contributed by atoms with Crippen LogP contribution in [-0.2, 0) is 33.3 Å². The smallest absolute Gasteiger partial charge is 0.465 e. The number of esters is 5. The molecule has 0 aromatic heterocycles. The molecule has 0 spiro atoms. The molecule has 0 atom stereocenters. The van der Waals surface area contributed by atoms with Crippen LogP contribution in [0.1, 0.15) is 56.8 Å². The van der Waals surface area contributed by atoms with Crippen LogP contribution in [0.25, 0.3) is 21.5 Å². The van der Waals surface area contributed by atoms with Crippen molar-refractivity contribution in [2.24, 2.45) is 0 Å². The van der Waals surface area contributed by atoms with Gasteiger partial charge in [0, 0.05) is 12.2 Å². The Balaban J connectivity index is 1.15. The predicted molar refractivity (Wildman–Crippen MR) is 220 cm³/mol. The molecule has 320 valence electrons. The van der Waals surface area contributed by atoms with Gasteiger partial charge in [-0.1, -0.05) is 37.4 Å². The number of unbranched alkanes of at least 4 members (excludes halogenated alkanes) is 2. The van der Waals surface area contributed by atoms with Gasteiger partial charge in [-0.25, -0.2) is 33.6 Å². The second-order valence-electron chi connectivity index (χ2n) is 12.9. The summed E-state index contributed by atoms with van der Waals surface area (Å²) in [7, 11) is 1.14. The maximum absolute atomic E-state index is 13.3. The van der Waals surface area contributed by atoms with Crippen molar-refractivity contribution in [2.45, 2.75) is 25.7 Å². The number of ether oxygens (including phenoxy) is 9. The monoisotopic (exact) mass is 848 g/mol. The summed E-state index contributed by atoms with van der Waals surface area (Å²) in [6.07, 6.45) is 2.19. The zero-order valence-electron chi connectivity index (χ0n) is 33.4. The minimum Gasteiger partial charge on any atom is -0.465 e. The molecular formula is C46H40O16. The van der Waals surface area contributed by atoms with E-state index in [1.54, 1.807) is 48.5 Å². The van der Waals surface area contributed by atoms with Crippen molar-refractivity contribution in [1.82, 2.24) is 0 Å². The van der Waals surface area contributed by atoms with Gasteiger partial charge in [-0.3, -0.25) is 0 Å². The summed E-state index contributed by atoms with van der Waals surface area (Å²) in [5.41, 5.74) is 0.130. The number of methoxy groups -OCH3 is 1. The van der Waals surface area contributed by atoms with Crippen LogP contribution in [0, 0.1) is 0 Å². The molecule has 0 bridgehead atoms. The highest BCUT2D eigenvalue weighted by molar-refractivity contribution is 6.00. The van der Waals surface area contributed by atoms with Gasteiger partial charge in [-0.2, -0.15) is 0 Å². The van der Waals surface area contributed by atoms with E-state index in [4.69, 9.17) is 42.6 Å². The fourth-order valence-electron chi connectivity index (χ4n) is 5.52. The standard InChI is InChI=1S/C46H40O16/c1-4-40(47)55-20-6-8-22-57-45(52)60-35-16-14-29-24-33(12-10-31(29)26-35)42(49)59-37-18-19-39(38(28-37)44(51)54-3)62-43(50)34-13-11-32-27-36(17-15-30(32)25-34)61-46(53)58-23-9-7-21-56-41(48)5-2/h4-5,10-19,24-28H,1-2,6-9,20-23H2,3H3. The topological polar surface area (TPSA) is 203 Å². The number of benzene rings is 5. The van der Waals surface area contributed by atoms with Crippen LogP contribution in [0.3, 0.4) is 0 Å². The van der Waals surface area contributed by atoms with Crippen molar-refractivity contribution >= 4 is 63.7 Å². The van der Waals surface area contributed by atoms with Crippen LogP contribution in [-0.4, -0.2) is 75.7 Å². The molecule has 0 amide bonds. The minimum absolute atomic E-state index is 0.0329. The largest absolute Gasteiger partial charge is 0.513 e. The van der Waals surface area contributed by atoms with Gasteiger partial charge in [0.15, 0.2) is 0 Å². The van der Waals surface area contributed by atoms with Gasteiger partial charge in [0.2, 0.25) is 0 Å². The number of fused-ring (bicyclic) bond motifs is 2. The normalized spacial score (nSPS) is 10.5. The fourth-order valence-corrected chi connectivity index (χ4v) is 5.52. The molecule has 16 heteroatoms. The number of hydrogen-bond acceptors (Lipinski definition) is 16. The lowest BCUT2D eigenvalue weighted by atomic mass is 10.1. The van der Waals surface area contributed by atoms with E-state index in [0.717, 1.165) is 19.3 Å². The first-order valence-electron chi connectivity index (χ1n) is 19.0. The summed E-state index contributed by atoms with van der Waals surface area (Å²) >= 11 is 0. The van der Waals surface area contributed by atoms with E-state index >= 15 is 0 Å². The van der Waals surface area contributed by atoms with Gasteiger partial charge in [-0.15, -0.1) is 0 Å². The van der Waals surface area contributed by atoms with E-state index in [2.05, 4.69) is 13.2 Å². The highest BCUT2D eigenvalue weighted by atomic mass is 16.7. The summed E-state index contributed by atoms with van der Waals surface area (Å²) in [5, 5.41) is 2.52. The maximum atomic E-state index is 13.3. The van der Waals surface area contributed by atoms with Crippen LogP contribution >= 0.6 is 0 Å². The van der Waals surface area contributed by atoms with E-state index in [9.17, 15) is 33.6 Å². The van der Waals surface area contributed by atoms with E-state index < -0.39 is 42.2 Å². The maximum Gasteiger partial charge on any atom is 0.513 e. The van der Waals surface area contributed by atoms with Crippen molar-refractivity contribution in [3.05, 3.63) is 133 Å². The van der Waals surface area contributed by atoms with Gasteiger partial charge >= 0.3 is 42.2 Å². The molecule has 5 aromatic carbocycles. The van der Waals surface area contributed by atoms with Crippen molar-refractivity contribution in [3.63, 3.8) is 0 Å². The molecule has 0 saturated carbocycles. The zero-order chi connectivity index (χ0) is 44.4. The third-order valence-electron chi connectivity index (χ3n) is 8.61. The highest BCUT2D eigenvalue weighted by Gasteiger charge is 2.21. The molecular weight excluding hydrogens is 808 g/mol. The Kier molecular flexibility index (Phi) is 16.3. The first-order valence-corrected chi connectivity index (χ1v) is 19.0. The Morgan fingerprint density at radius 3 is 1.32 bits per heavy atom. The molecule has 0 N–H and O–H groups in total. The SMILES string of the molecule is C=CC(=O)OCCCCOC(=O)Oc1ccc2cc(C(=O)Oc3ccc(OC(=O)c4ccc5cc(OC(=O)OCCCCOC(=O)C=C)ccc5c4)c(C(=O)OC)c3)ccc2c1. The lowest BCUT2D eigenvalue weighted by Crippen LogP contribution is -2.14. The summed E-state index contributed by atoms with van der Waals surface area (Å²) in [4.78, 5) is 85.6. The molecule has 62 heavy (non-hydrogen) atoms. The molecule has 0 radical (unpaired) electrons. The molecule has 0 heterocycles. The number of carbonyl (C=O) groups is 7. The number of hydrogen-bond donors (Lipinski definition) is 0. The molecule has 16 nitrogen and oxygen atoms in total. The Hall–Kier alpha value is -8.01. The van der Waals surface area contributed by atoms with Gasteiger partial charge < -0.3 is 42.6 Å². The molecule has 0 fully saturated rings. The summed E-state index contributed by atoms with van der Waals surface area (Å²) in [6, 6.07) is 22.7. The molecule has 5 rings (SSSR count). The lowest BCUT2D eigenvalue weighted by Gasteiger charge is -2.12. The Morgan fingerprint density at radius 2 is 0.855 bits per heavy atom. The minimum atomic E-state index is -0.912. The van der Waals surface area contributed by atoms with Crippen LogP contribution in [0.15, 0.2) is 116 Å². The van der Waals surface area contributed by atoms with Crippen LogP contribution in [0.2, 0.25) is 0 Å². The third kappa shape index (κ3) is 13.3. The van der Waals surface area contributed by atoms with Gasteiger partial charge in [-0.05, 0) is 114 Å². The van der Waals surface area contributed by atoms with Crippen LogP contribution in [0.5, 0.6) is 23.0 Å². The first-order chi connectivity index (χ1) is 30.0. The van der Waals surface area contributed by atoms with Gasteiger partial charge in [0.25, 0.3) is 0 Å². The summed E-state index contributed by atoms with van der Waals surface area (Å²) in [5.74, 6) is -3.23. The average molecular weight is 849 g/mol. The van der Waals surface area contributed by atoms with Crippen LogP contribution < -0.4 is 18.9 Å². The fraction of sp³-hybridized carbons (Fsp3) is 0.196. The molecule has 0 aliphatic heterocycles. The molecule has 0 unspecified atom stereocenters. The van der Waals surface area contributed by atoms with Gasteiger partial charge in [0.1, 0.15) is 28.6 Å². The molecule has 0 saturated heterocycles. The van der Waals surface area contributed by atoms with Crippen molar-refractivity contribution in [1.29, 1.82) is 0 Å². The number of carbonyl (C=O) groups excluding carboxylic acids is 7. The molecule has 5 aromatic rings. The highest BCUT2D eigenvalue weighted by Crippen LogP contribution is 2.29. The Labute approximate surface area is 354 Å². The van der Waals surface area contributed by atoms with Crippen molar-refractivity contribution in [3.8, 4) is 23.0 Å². The first kappa shape index (κ1) is 45.1. The Bertz CT molecular complexity index is 2500. The predicted octanol–water partition coefficient (Wildman–Crippen LogP) is 8.27. The van der Waals surface area contributed by atoms with E-state index in [1.807, 2.05) is 0 Å². The summed E-state index contributed by atoms with van der Waals surface area (Å²) < 4.78 is 46.4. The second kappa shape index (κ2) is 22.4. The third-order valence-corrected chi connectivity index (χ3v) is 8.61. The van der Waals surface area contributed by atoms with Gasteiger partial charge in [0.05, 0.1) is 44.7 Å². The van der Waals surface area contributed by atoms with Crippen LogP contribution in [0.4, 0.5) is 9.59 Å². The zero-order valence-corrected chi connectivity index (χ0v) is 33.4. The molecule has 0 aliphatic rings. The van der Waals surface area contributed by atoms with Crippen molar-refractivity contribution in [2.75, 3.05) is 33.5 Å². The number of rotatable bonds is 19. The molecule has 0 aliphatic carbocycles. The van der Waals surface area contributed by atoms with E-state index in [0.29, 0.717) is 47.2 Å².